The van der Waals surface area contributed by atoms with E-state index in [1.54, 1.807) is 21.3 Å². The van der Waals surface area contributed by atoms with E-state index < -0.39 is 0 Å². The second kappa shape index (κ2) is 13.2. The number of rotatable bonds is 8. The van der Waals surface area contributed by atoms with Gasteiger partial charge in [0.15, 0.2) is 5.96 Å². The topological polar surface area (TPSA) is 58.1 Å². The third kappa shape index (κ3) is 6.92. The number of piperidine rings is 1. The number of benzene rings is 1. The van der Waals surface area contributed by atoms with Gasteiger partial charge >= 0.3 is 0 Å². The van der Waals surface area contributed by atoms with Crippen molar-refractivity contribution in [3.63, 3.8) is 0 Å². The molecule has 1 aromatic carbocycles. The monoisotopic (exact) mass is 476 g/mol. The number of guanidine groups is 1. The highest BCUT2D eigenvalue weighted by Crippen LogP contribution is 2.30. The van der Waals surface area contributed by atoms with Crippen LogP contribution >= 0.6 is 24.0 Å². The van der Waals surface area contributed by atoms with E-state index in [2.05, 4.69) is 32.7 Å². The number of ether oxygens (including phenoxy) is 2. The van der Waals surface area contributed by atoms with Gasteiger partial charge in [-0.1, -0.05) is 24.6 Å². The lowest BCUT2D eigenvalue weighted by molar-refractivity contribution is 0.161. The van der Waals surface area contributed by atoms with Crippen molar-refractivity contribution >= 4 is 29.9 Å². The minimum Gasteiger partial charge on any atom is -0.496 e. The Kier molecular flexibility index (Phi) is 11.6. The van der Waals surface area contributed by atoms with E-state index in [-0.39, 0.29) is 30.0 Å². The second-order valence-electron chi connectivity index (χ2n) is 6.23. The predicted octanol–water partition coefficient (Wildman–Crippen LogP) is 2.65. The maximum atomic E-state index is 5.61. The van der Waals surface area contributed by atoms with Crippen LogP contribution in [0.1, 0.15) is 30.9 Å². The first-order chi connectivity index (χ1) is 12.3. The van der Waals surface area contributed by atoms with E-state index in [9.17, 15) is 0 Å². The minimum atomic E-state index is 0. The van der Waals surface area contributed by atoms with Crippen molar-refractivity contribution in [3.8, 4) is 5.75 Å². The average molecular weight is 476 g/mol. The van der Waals surface area contributed by atoms with Crippen molar-refractivity contribution in [1.29, 1.82) is 0 Å². The minimum absolute atomic E-state index is 0. The summed E-state index contributed by atoms with van der Waals surface area (Å²) in [6.07, 6.45) is 3.84. The van der Waals surface area contributed by atoms with Crippen molar-refractivity contribution in [2.75, 3.05) is 54.1 Å². The Morgan fingerprint density at radius 3 is 2.54 bits per heavy atom. The molecule has 1 heterocycles. The molecule has 0 saturated carbocycles. The summed E-state index contributed by atoms with van der Waals surface area (Å²) in [5.41, 5.74) is 1.23. The van der Waals surface area contributed by atoms with Crippen LogP contribution < -0.4 is 15.4 Å². The number of likely N-dealkylation sites (tertiary alicyclic amines) is 1. The summed E-state index contributed by atoms with van der Waals surface area (Å²) >= 11 is 0. The van der Waals surface area contributed by atoms with E-state index in [0.29, 0.717) is 6.61 Å². The summed E-state index contributed by atoms with van der Waals surface area (Å²) in [5, 5.41) is 6.73. The number of nitrogens with zero attached hydrogens (tertiary/aromatic N) is 2. The third-order valence-corrected chi connectivity index (χ3v) is 4.61. The molecule has 6 nitrogen and oxygen atoms in total. The zero-order valence-electron chi connectivity index (χ0n) is 16.2. The smallest absolute Gasteiger partial charge is 0.191 e. The predicted molar refractivity (Wildman–Crippen MR) is 118 cm³/mol. The second-order valence-corrected chi connectivity index (χ2v) is 6.23. The molecule has 148 valence electrons. The molecule has 7 heteroatoms. The van der Waals surface area contributed by atoms with Gasteiger partial charge in [0.25, 0.3) is 0 Å². The average Bonchev–Trinajstić information content (AvgIpc) is 2.68. The Morgan fingerprint density at radius 2 is 1.88 bits per heavy atom. The summed E-state index contributed by atoms with van der Waals surface area (Å²) in [6.45, 7) is 4.43. The summed E-state index contributed by atoms with van der Waals surface area (Å²) in [7, 11) is 5.23. The lowest BCUT2D eigenvalue weighted by Crippen LogP contribution is -2.45. The molecule has 26 heavy (non-hydrogen) atoms. The maximum absolute atomic E-state index is 5.61. The first-order valence-electron chi connectivity index (χ1n) is 9.10. The van der Waals surface area contributed by atoms with Crippen LogP contribution in [0.4, 0.5) is 0 Å². The quantitative estimate of drug-likeness (QED) is 0.262. The lowest BCUT2D eigenvalue weighted by Gasteiger charge is -2.35. The van der Waals surface area contributed by atoms with Crippen LogP contribution in [0.5, 0.6) is 5.75 Å². The van der Waals surface area contributed by atoms with Gasteiger partial charge in [-0.2, -0.15) is 0 Å². The van der Waals surface area contributed by atoms with Gasteiger partial charge in [-0.05, 0) is 32.0 Å². The van der Waals surface area contributed by atoms with Crippen LogP contribution in [0.15, 0.2) is 29.3 Å². The molecule has 1 fully saturated rings. The fourth-order valence-electron chi connectivity index (χ4n) is 3.29. The molecule has 0 amide bonds. The Balaban J connectivity index is 0.00000338. The van der Waals surface area contributed by atoms with Gasteiger partial charge in [0.05, 0.1) is 19.8 Å². The molecule has 1 aromatic rings. The first-order valence-corrected chi connectivity index (χ1v) is 9.10. The van der Waals surface area contributed by atoms with Crippen molar-refractivity contribution in [3.05, 3.63) is 29.8 Å². The van der Waals surface area contributed by atoms with Gasteiger partial charge < -0.3 is 20.1 Å². The maximum Gasteiger partial charge on any atom is 0.191 e. The Labute approximate surface area is 174 Å². The van der Waals surface area contributed by atoms with Gasteiger partial charge in [0.2, 0.25) is 0 Å². The molecule has 0 spiro atoms. The van der Waals surface area contributed by atoms with Gasteiger partial charge in [-0.25, -0.2) is 0 Å². The normalized spacial score (nSPS) is 16.5. The third-order valence-electron chi connectivity index (χ3n) is 4.61. The van der Waals surface area contributed by atoms with Crippen LogP contribution in [0, 0.1) is 0 Å². The molecular weight excluding hydrogens is 443 g/mol. The fourth-order valence-corrected chi connectivity index (χ4v) is 3.29. The van der Waals surface area contributed by atoms with E-state index in [4.69, 9.17) is 9.47 Å². The summed E-state index contributed by atoms with van der Waals surface area (Å²) in [4.78, 5) is 6.85. The number of hydrogen-bond donors (Lipinski definition) is 2. The van der Waals surface area contributed by atoms with Crippen LogP contribution in [-0.2, 0) is 4.74 Å². The lowest BCUT2D eigenvalue weighted by atomic mass is 10.0. The molecule has 1 saturated heterocycles. The highest BCUT2D eigenvalue weighted by atomic mass is 127. The van der Waals surface area contributed by atoms with Crippen molar-refractivity contribution < 1.29 is 9.47 Å². The van der Waals surface area contributed by atoms with Crippen LogP contribution in [0.3, 0.4) is 0 Å². The fraction of sp³-hybridized carbons (Fsp3) is 0.632. The van der Waals surface area contributed by atoms with Crippen molar-refractivity contribution in [2.24, 2.45) is 4.99 Å². The Morgan fingerprint density at radius 1 is 1.15 bits per heavy atom. The standard InChI is InChI=1S/C19H32N4O2.HI/c1-20-19(21-11-14-24-2)22-15-17(23-12-7-4-8-13-23)16-9-5-6-10-18(16)25-3;/h5-6,9-10,17H,4,7-8,11-15H2,1-3H3,(H2,20,21,22);1H. The molecule has 1 unspecified atom stereocenters. The number of halogens is 1. The van der Waals surface area contributed by atoms with Crippen molar-refractivity contribution in [1.82, 2.24) is 15.5 Å². The Hall–Kier alpha value is -1.06. The van der Waals surface area contributed by atoms with E-state index in [1.165, 1.54) is 24.8 Å². The molecule has 1 atom stereocenters. The molecule has 2 N–H and O–H groups in total. The first kappa shape index (κ1) is 23.0. The highest BCUT2D eigenvalue weighted by Gasteiger charge is 2.24. The zero-order chi connectivity index (χ0) is 17.9. The number of methoxy groups -OCH3 is 2. The molecular formula is C19H33IN4O2. The van der Waals surface area contributed by atoms with Gasteiger partial charge in [-0.3, -0.25) is 9.89 Å². The summed E-state index contributed by atoms with van der Waals surface area (Å²) in [5.74, 6) is 1.75. The number of hydrogen-bond acceptors (Lipinski definition) is 4. The molecule has 0 aliphatic carbocycles. The number of aliphatic imine (C=N–C) groups is 1. The number of nitrogens with one attached hydrogen (secondary N) is 2. The zero-order valence-corrected chi connectivity index (χ0v) is 18.5. The highest BCUT2D eigenvalue weighted by molar-refractivity contribution is 14.0. The molecule has 0 bridgehead atoms. The number of para-hydroxylation sites is 1. The SMILES string of the molecule is CN=C(NCCOC)NCC(c1ccccc1OC)N1CCCCC1.I. The molecule has 0 radical (unpaired) electrons. The van der Waals surface area contributed by atoms with E-state index in [1.807, 2.05) is 12.1 Å². The molecule has 2 rings (SSSR count). The molecule has 0 aromatic heterocycles. The summed E-state index contributed by atoms with van der Waals surface area (Å²) < 4.78 is 10.7. The summed E-state index contributed by atoms with van der Waals surface area (Å²) in [6, 6.07) is 8.57. The van der Waals surface area contributed by atoms with Crippen LogP contribution in [-0.4, -0.2) is 64.9 Å². The van der Waals surface area contributed by atoms with Crippen molar-refractivity contribution in [2.45, 2.75) is 25.3 Å². The van der Waals surface area contributed by atoms with Crippen LogP contribution in [0.2, 0.25) is 0 Å². The van der Waals surface area contributed by atoms with Crippen LogP contribution in [0.25, 0.3) is 0 Å². The van der Waals surface area contributed by atoms with Gasteiger partial charge in [-0.15, -0.1) is 24.0 Å². The van der Waals surface area contributed by atoms with E-state index in [0.717, 1.165) is 37.9 Å². The van der Waals surface area contributed by atoms with Gasteiger partial charge in [0, 0.05) is 32.8 Å². The van der Waals surface area contributed by atoms with Gasteiger partial charge in [0.1, 0.15) is 5.75 Å². The largest absolute Gasteiger partial charge is 0.496 e. The molecule has 1 aliphatic heterocycles. The van der Waals surface area contributed by atoms with E-state index >= 15 is 0 Å². The Bertz CT molecular complexity index is 536. The molecule has 1 aliphatic rings.